The van der Waals surface area contributed by atoms with Crippen molar-refractivity contribution in [2.75, 3.05) is 5.73 Å². The molecule has 0 bridgehead atoms. The van der Waals surface area contributed by atoms with E-state index in [4.69, 9.17) is 5.73 Å². The number of nitrogen functional groups attached to an aromatic ring is 1. The maximum Gasteiger partial charge on any atom is 0.0313 e. The van der Waals surface area contributed by atoms with Gasteiger partial charge in [-0.2, -0.15) is 0 Å². The molecule has 0 aliphatic heterocycles. The molecule has 0 spiro atoms. The molecule has 0 heterocycles. The van der Waals surface area contributed by atoms with Gasteiger partial charge >= 0.3 is 0 Å². The lowest BCUT2D eigenvalue weighted by Crippen LogP contribution is -1.79. The molecule has 1 aromatic carbocycles. The first-order valence-corrected chi connectivity index (χ1v) is 5.61. The van der Waals surface area contributed by atoms with Crippen molar-refractivity contribution in [2.24, 2.45) is 0 Å². The predicted octanol–water partition coefficient (Wildman–Crippen LogP) is 4.49. The molecule has 14 heavy (non-hydrogen) atoms. The first kappa shape index (κ1) is 15.5. The largest absolute Gasteiger partial charge is 0.399 e. The average molecular weight is 195 g/mol. The van der Waals surface area contributed by atoms with Crippen LogP contribution in [0.2, 0.25) is 0 Å². The van der Waals surface area contributed by atoms with Crippen LogP contribution >= 0.6 is 0 Å². The Labute approximate surface area is 89.3 Å². The highest BCUT2D eigenvalue weighted by atomic mass is 14.5. The summed E-state index contributed by atoms with van der Waals surface area (Å²) in [5, 5.41) is 0. The van der Waals surface area contributed by atoms with Gasteiger partial charge in [-0.3, -0.25) is 0 Å². The van der Waals surface area contributed by atoms with Gasteiger partial charge in [0.1, 0.15) is 0 Å². The minimum atomic E-state index is 0.822. The van der Waals surface area contributed by atoms with Gasteiger partial charge in [0, 0.05) is 5.69 Å². The van der Waals surface area contributed by atoms with Crippen molar-refractivity contribution in [1.29, 1.82) is 0 Å². The Balaban J connectivity index is 0. The fourth-order valence-corrected chi connectivity index (χ4v) is 0.807. The normalized spacial score (nSPS) is 7.71. The van der Waals surface area contributed by atoms with Crippen molar-refractivity contribution < 1.29 is 0 Å². The van der Waals surface area contributed by atoms with Crippen LogP contribution in [0.5, 0.6) is 0 Å². The van der Waals surface area contributed by atoms with E-state index >= 15 is 0 Å². The summed E-state index contributed by atoms with van der Waals surface area (Å²) in [6.07, 6.45) is 4.08. The third-order valence-corrected chi connectivity index (χ3v) is 1.51. The Kier molecular flexibility index (Phi) is 16.1. The van der Waals surface area contributed by atoms with Crippen LogP contribution in [-0.4, -0.2) is 0 Å². The smallest absolute Gasteiger partial charge is 0.0313 e. The monoisotopic (exact) mass is 195 g/mol. The average Bonchev–Trinajstić information content (AvgIpc) is 2.24. The first-order valence-electron chi connectivity index (χ1n) is 5.61. The molecule has 82 valence electrons. The molecule has 1 rings (SSSR count). The molecule has 0 atom stereocenters. The molecule has 0 unspecified atom stereocenters. The molecule has 0 aliphatic carbocycles. The molecule has 0 aliphatic rings. The van der Waals surface area contributed by atoms with Gasteiger partial charge in [0.15, 0.2) is 0 Å². The first-order chi connectivity index (χ1) is 6.81. The zero-order valence-electron chi connectivity index (χ0n) is 10.1. The summed E-state index contributed by atoms with van der Waals surface area (Å²) < 4.78 is 0. The van der Waals surface area contributed by atoms with Gasteiger partial charge in [-0.05, 0) is 12.1 Å². The van der Waals surface area contributed by atoms with Gasteiger partial charge < -0.3 is 5.73 Å². The Morgan fingerprint density at radius 1 is 0.929 bits per heavy atom. The van der Waals surface area contributed by atoms with Crippen LogP contribution in [0, 0.1) is 0 Å². The van der Waals surface area contributed by atoms with Crippen molar-refractivity contribution in [3.8, 4) is 0 Å². The lowest BCUT2D eigenvalue weighted by atomic mass is 10.3. The lowest BCUT2D eigenvalue weighted by Gasteiger charge is -1.83. The zero-order chi connectivity index (χ0) is 11.2. The third kappa shape index (κ3) is 13.6. The second kappa shape index (κ2) is 14.5. The molecule has 0 saturated heterocycles. The molecular formula is C13H25N. The van der Waals surface area contributed by atoms with Gasteiger partial charge in [-0.15, -0.1) is 0 Å². The summed E-state index contributed by atoms with van der Waals surface area (Å²) in [4.78, 5) is 0. The Bertz CT molecular complexity index is 168. The number of hydrogen-bond donors (Lipinski definition) is 1. The van der Waals surface area contributed by atoms with Crippen LogP contribution in [0.15, 0.2) is 30.3 Å². The van der Waals surface area contributed by atoms with E-state index in [1.807, 2.05) is 44.2 Å². The molecule has 0 aromatic heterocycles. The number of unbranched alkanes of at least 4 members (excludes halogenated alkanes) is 2. The number of hydrogen-bond acceptors (Lipinski definition) is 1. The van der Waals surface area contributed by atoms with E-state index in [0.29, 0.717) is 0 Å². The Morgan fingerprint density at radius 2 is 1.36 bits per heavy atom. The fourth-order valence-electron chi connectivity index (χ4n) is 0.807. The third-order valence-electron chi connectivity index (χ3n) is 1.51. The van der Waals surface area contributed by atoms with Gasteiger partial charge in [0.2, 0.25) is 0 Å². The predicted molar refractivity (Wildman–Crippen MR) is 67.4 cm³/mol. The van der Waals surface area contributed by atoms with Crippen LogP contribution < -0.4 is 5.73 Å². The minimum Gasteiger partial charge on any atom is -0.399 e. The summed E-state index contributed by atoms with van der Waals surface area (Å²) >= 11 is 0. The zero-order valence-corrected chi connectivity index (χ0v) is 10.1. The number of anilines is 1. The highest BCUT2D eigenvalue weighted by molar-refractivity contribution is 5.35. The lowest BCUT2D eigenvalue weighted by molar-refractivity contribution is 0.772. The number of para-hydroxylation sites is 1. The summed E-state index contributed by atoms with van der Waals surface area (Å²) in [6, 6.07) is 9.49. The molecule has 1 nitrogen and oxygen atoms in total. The molecule has 1 aromatic rings. The molecular weight excluding hydrogens is 170 g/mol. The van der Waals surface area contributed by atoms with Gasteiger partial charge in [0.05, 0.1) is 0 Å². The molecule has 2 N–H and O–H groups in total. The molecule has 1 heteroatoms. The van der Waals surface area contributed by atoms with Crippen molar-refractivity contribution >= 4 is 5.69 Å². The van der Waals surface area contributed by atoms with Crippen molar-refractivity contribution in [3.05, 3.63) is 30.3 Å². The summed E-state index contributed by atoms with van der Waals surface area (Å²) in [5.41, 5.74) is 6.18. The number of benzene rings is 1. The number of rotatable bonds is 2. The summed E-state index contributed by atoms with van der Waals surface area (Å²) in [5.74, 6) is 0. The summed E-state index contributed by atoms with van der Waals surface area (Å²) in [6.45, 7) is 8.42. The van der Waals surface area contributed by atoms with E-state index in [-0.39, 0.29) is 0 Å². The van der Waals surface area contributed by atoms with Crippen molar-refractivity contribution in [1.82, 2.24) is 0 Å². The van der Waals surface area contributed by atoms with E-state index in [0.717, 1.165) is 5.69 Å². The van der Waals surface area contributed by atoms with E-state index in [1.54, 1.807) is 0 Å². The van der Waals surface area contributed by atoms with Crippen LogP contribution in [0.25, 0.3) is 0 Å². The van der Waals surface area contributed by atoms with Gasteiger partial charge in [-0.1, -0.05) is 65.2 Å². The molecule has 0 amide bonds. The highest BCUT2D eigenvalue weighted by Gasteiger charge is 1.72. The van der Waals surface area contributed by atoms with Crippen molar-refractivity contribution in [3.63, 3.8) is 0 Å². The topological polar surface area (TPSA) is 26.0 Å². The van der Waals surface area contributed by atoms with Gasteiger partial charge in [0.25, 0.3) is 0 Å². The van der Waals surface area contributed by atoms with E-state index < -0.39 is 0 Å². The van der Waals surface area contributed by atoms with Crippen molar-refractivity contribution in [2.45, 2.75) is 47.0 Å². The van der Waals surface area contributed by atoms with Crippen LogP contribution in [-0.2, 0) is 0 Å². The van der Waals surface area contributed by atoms with E-state index in [9.17, 15) is 0 Å². The SMILES string of the molecule is CC.CCCCC.Nc1ccccc1. The maximum absolute atomic E-state index is 5.36. The minimum absolute atomic E-state index is 0.822. The molecule has 0 saturated carbocycles. The number of nitrogens with two attached hydrogens (primary N) is 1. The maximum atomic E-state index is 5.36. The highest BCUT2D eigenvalue weighted by Crippen LogP contribution is 1.95. The quantitative estimate of drug-likeness (QED) is 0.691. The van der Waals surface area contributed by atoms with Crippen LogP contribution in [0.3, 0.4) is 0 Å². The second-order valence-corrected chi connectivity index (χ2v) is 2.76. The Hall–Kier alpha value is -0.980. The van der Waals surface area contributed by atoms with Gasteiger partial charge in [-0.25, -0.2) is 0 Å². The standard InChI is InChI=1S/C6H7N.C5H12.C2H6/c7-6-4-2-1-3-5-6;1-3-5-4-2;1-2/h1-5H,7H2;3-5H2,1-2H3;1-2H3. The van der Waals surface area contributed by atoms with E-state index in [2.05, 4.69) is 13.8 Å². The molecule has 0 fully saturated rings. The van der Waals surface area contributed by atoms with Crippen LogP contribution in [0.1, 0.15) is 47.0 Å². The van der Waals surface area contributed by atoms with Crippen LogP contribution in [0.4, 0.5) is 5.69 Å². The van der Waals surface area contributed by atoms with E-state index in [1.165, 1.54) is 19.3 Å². The molecule has 0 radical (unpaired) electrons. The fraction of sp³-hybridized carbons (Fsp3) is 0.538. The second-order valence-electron chi connectivity index (χ2n) is 2.76. The summed E-state index contributed by atoms with van der Waals surface area (Å²) in [7, 11) is 0. The Morgan fingerprint density at radius 3 is 1.50 bits per heavy atom.